The Morgan fingerprint density at radius 1 is 1.32 bits per heavy atom. The first-order valence-electron chi connectivity index (χ1n) is 6.95. The molecule has 1 aromatic rings. The summed E-state index contributed by atoms with van der Waals surface area (Å²) in [6.45, 7) is 3.65. The number of nitrogens with one attached hydrogen (secondary N) is 1. The maximum Gasteiger partial charge on any atom is 0.332 e. The predicted octanol–water partition coefficient (Wildman–Crippen LogP) is 1.81. The van der Waals surface area contributed by atoms with Crippen molar-refractivity contribution in [3.63, 3.8) is 0 Å². The summed E-state index contributed by atoms with van der Waals surface area (Å²) in [6.07, 6.45) is 0.416. The first-order chi connectivity index (χ1) is 10.4. The van der Waals surface area contributed by atoms with E-state index in [0.717, 1.165) is 5.56 Å². The van der Waals surface area contributed by atoms with Crippen LogP contribution in [0.5, 0.6) is 0 Å². The van der Waals surface area contributed by atoms with Crippen molar-refractivity contribution in [1.82, 2.24) is 4.72 Å². The molecule has 0 aliphatic carbocycles. The highest BCUT2D eigenvalue weighted by Crippen LogP contribution is 2.15. The molecule has 1 unspecified atom stereocenters. The molecule has 0 saturated heterocycles. The monoisotopic (exact) mass is 327 g/mol. The molecule has 7 nitrogen and oxygen atoms in total. The third-order valence-corrected chi connectivity index (χ3v) is 4.24. The van der Waals surface area contributed by atoms with Crippen LogP contribution in [0.4, 0.5) is 5.69 Å². The van der Waals surface area contributed by atoms with Crippen LogP contribution in [-0.2, 0) is 26.0 Å². The van der Waals surface area contributed by atoms with Crippen LogP contribution in [0.25, 0.3) is 0 Å². The third-order valence-electron chi connectivity index (χ3n) is 2.88. The van der Waals surface area contributed by atoms with Crippen molar-refractivity contribution in [2.24, 2.45) is 10.2 Å². The number of esters is 1. The van der Waals surface area contributed by atoms with Crippen molar-refractivity contribution in [3.05, 3.63) is 29.8 Å². The van der Waals surface area contributed by atoms with Gasteiger partial charge >= 0.3 is 5.97 Å². The number of ether oxygens (including phenoxy) is 1. The number of hydrogen-bond acceptors (Lipinski definition) is 6. The van der Waals surface area contributed by atoms with Gasteiger partial charge in [-0.15, -0.1) is 0 Å². The van der Waals surface area contributed by atoms with Gasteiger partial charge < -0.3 is 4.74 Å². The first kappa shape index (κ1) is 18.2. The van der Waals surface area contributed by atoms with E-state index in [2.05, 4.69) is 15.0 Å². The van der Waals surface area contributed by atoms with E-state index in [4.69, 9.17) is 4.74 Å². The highest BCUT2D eigenvalue weighted by Gasteiger charge is 2.12. The van der Waals surface area contributed by atoms with Crippen LogP contribution < -0.4 is 4.72 Å². The third kappa shape index (κ3) is 6.31. The van der Waals surface area contributed by atoms with Crippen LogP contribution in [-0.4, -0.2) is 39.8 Å². The molecule has 122 valence electrons. The second kappa shape index (κ2) is 8.60. The van der Waals surface area contributed by atoms with Crippen LogP contribution in [0.15, 0.2) is 34.5 Å². The van der Waals surface area contributed by atoms with Crippen molar-refractivity contribution < 1.29 is 17.9 Å². The van der Waals surface area contributed by atoms with Crippen molar-refractivity contribution in [3.8, 4) is 0 Å². The molecule has 0 radical (unpaired) electrons. The molecule has 0 spiro atoms. The standard InChI is InChI=1S/C14H21N3O4S/c1-4-21-14(18)11(2)16-17-13-7-5-12(6-8-13)9-10-22(19,20)15-3/h5-8,11,15H,4,9-10H2,1-3H3. The van der Waals surface area contributed by atoms with E-state index in [1.165, 1.54) is 7.05 Å². The minimum absolute atomic E-state index is 0.0320. The van der Waals surface area contributed by atoms with E-state index in [9.17, 15) is 13.2 Å². The Morgan fingerprint density at radius 3 is 2.50 bits per heavy atom. The van der Waals surface area contributed by atoms with Crippen molar-refractivity contribution in [2.75, 3.05) is 19.4 Å². The van der Waals surface area contributed by atoms with Crippen LogP contribution in [0.2, 0.25) is 0 Å². The molecule has 1 rings (SSSR count). The van der Waals surface area contributed by atoms with Gasteiger partial charge in [0.1, 0.15) is 0 Å². The molecule has 1 N–H and O–H groups in total. The zero-order chi connectivity index (χ0) is 16.6. The summed E-state index contributed by atoms with van der Waals surface area (Å²) in [5.74, 6) is -0.385. The molecule has 0 aliphatic rings. The number of carbonyl (C=O) groups excluding carboxylic acids is 1. The Labute approximate surface area is 130 Å². The number of sulfonamides is 1. The molecule has 0 saturated carbocycles. The summed E-state index contributed by atoms with van der Waals surface area (Å²) in [5, 5.41) is 7.85. The lowest BCUT2D eigenvalue weighted by Gasteiger charge is -2.04. The smallest absolute Gasteiger partial charge is 0.332 e. The average Bonchev–Trinajstić information content (AvgIpc) is 2.52. The molecule has 0 bridgehead atoms. The minimum atomic E-state index is -3.21. The SMILES string of the molecule is CCOC(=O)C(C)N=Nc1ccc(CCS(=O)(=O)NC)cc1. The van der Waals surface area contributed by atoms with Crippen molar-refractivity contribution >= 4 is 21.7 Å². The van der Waals surface area contributed by atoms with Gasteiger partial charge in [0.25, 0.3) is 0 Å². The van der Waals surface area contributed by atoms with Crippen molar-refractivity contribution in [1.29, 1.82) is 0 Å². The van der Waals surface area contributed by atoms with E-state index in [-0.39, 0.29) is 5.75 Å². The normalized spacial score (nSPS) is 13.2. The van der Waals surface area contributed by atoms with E-state index in [0.29, 0.717) is 18.7 Å². The lowest BCUT2D eigenvalue weighted by Crippen LogP contribution is -2.23. The lowest BCUT2D eigenvalue weighted by molar-refractivity contribution is -0.144. The van der Waals surface area contributed by atoms with E-state index in [1.54, 1.807) is 38.1 Å². The number of nitrogens with zero attached hydrogens (tertiary/aromatic N) is 2. The van der Waals surface area contributed by atoms with Gasteiger partial charge in [-0.3, -0.25) is 0 Å². The second-order valence-corrected chi connectivity index (χ2v) is 6.63. The van der Waals surface area contributed by atoms with Crippen LogP contribution in [0.3, 0.4) is 0 Å². The fourth-order valence-electron chi connectivity index (χ4n) is 1.55. The average molecular weight is 327 g/mol. The summed E-state index contributed by atoms with van der Waals surface area (Å²) in [6, 6.07) is 6.37. The van der Waals surface area contributed by atoms with E-state index < -0.39 is 22.0 Å². The fraction of sp³-hybridized carbons (Fsp3) is 0.500. The number of azo groups is 1. The molecule has 1 aromatic carbocycles. The Bertz CT molecular complexity index is 611. The molecular weight excluding hydrogens is 306 g/mol. The van der Waals surface area contributed by atoms with Gasteiger partial charge in [0.2, 0.25) is 10.0 Å². The number of benzene rings is 1. The number of aryl methyl sites for hydroxylation is 1. The summed E-state index contributed by atoms with van der Waals surface area (Å²) in [7, 11) is -1.82. The van der Waals surface area contributed by atoms with Gasteiger partial charge in [0, 0.05) is 0 Å². The zero-order valence-electron chi connectivity index (χ0n) is 12.9. The molecule has 0 amide bonds. The highest BCUT2D eigenvalue weighted by atomic mass is 32.2. The summed E-state index contributed by atoms with van der Waals surface area (Å²) >= 11 is 0. The summed E-state index contributed by atoms with van der Waals surface area (Å²) in [4.78, 5) is 11.4. The maximum absolute atomic E-state index is 11.4. The molecule has 0 heterocycles. The van der Waals surface area contributed by atoms with Gasteiger partial charge in [0.05, 0.1) is 18.0 Å². The van der Waals surface area contributed by atoms with E-state index >= 15 is 0 Å². The Hall–Kier alpha value is -1.80. The molecule has 0 aromatic heterocycles. The molecule has 8 heteroatoms. The molecular formula is C14H21N3O4S. The van der Waals surface area contributed by atoms with Crippen LogP contribution in [0, 0.1) is 0 Å². The van der Waals surface area contributed by atoms with E-state index in [1.807, 2.05) is 0 Å². The molecule has 22 heavy (non-hydrogen) atoms. The van der Waals surface area contributed by atoms with Gasteiger partial charge in [0.15, 0.2) is 6.04 Å². The first-order valence-corrected chi connectivity index (χ1v) is 8.61. The van der Waals surface area contributed by atoms with Gasteiger partial charge in [-0.2, -0.15) is 10.2 Å². The zero-order valence-corrected chi connectivity index (χ0v) is 13.8. The Kier molecular flexibility index (Phi) is 7.13. The van der Waals surface area contributed by atoms with Gasteiger partial charge in [-0.25, -0.2) is 17.9 Å². The highest BCUT2D eigenvalue weighted by molar-refractivity contribution is 7.89. The molecule has 0 fully saturated rings. The maximum atomic E-state index is 11.4. The minimum Gasteiger partial charge on any atom is -0.464 e. The quantitative estimate of drug-likeness (QED) is 0.581. The number of hydrogen-bond donors (Lipinski definition) is 1. The van der Waals surface area contributed by atoms with Crippen LogP contribution in [0.1, 0.15) is 19.4 Å². The lowest BCUT2D eigenvalue weighted by atomic mass is 10.1. The Morgan fingerprint density at radius 2 is 1.95 bits per heavy atom. The fourth-order valence-corrected chi connectivity index (χ4v) is 2.26. The van der Waals surface area contributed by atoms with Gasteiger partial charge in [-0.1, -0.05) is 12.1 Å². The molecule has 1 atom stereocenters. The predicted molar refractivity (Wildman–Crippen MR) is 83.6 cm³/mol. The largest absolute Gasteiger partial charge is 0.464 e. The molecule has 0 aliphatic heterocycles. The van der Waals surface area contributed by atoms with Crippen molar-refractivity contribution in [2.45, 2.75) is 26.3 Å². The second-order valence-electron chi connectivity index (χ2n) is 4.58. The number of carbonyl (C=O) groups is 1. The summed E-state index contributed by atoms with van der Waals surface area (Å²) < 4.78 is 29.8. The topological polar surface area (TPSA) is 97.2 Å². The summed E-state index contributed by atoms with van der Waals surface area (Å²) in [5.41, 5.74) is 1.48. The van der Waals surface area contributed by atoms with Gasteiger partial charge in [-0.05, 0) is 45.0 Å². The Balaban J connectivity index is 2.60. The number of rotatable bonds is 8. The van der Waals surface area contributed by atoms with Crippen LogP contribution >= 0.6 is 0 Å².